The highest BCUT2D eigenvalue weighted by molar-refractivity contribution is 5.60. The maximum absolute atomic E-state index is 8.71. The molecular formula is C23H30N2O3. The van der Waals surface area contributed by atoms with Gasteiger partial charge in [0.25, 0.3) is 0 Å². The molecule has 0 spiro atoms. The van der Waals surface area contributed by atoms with Crippen LogP contribution in [0, 0.1) is 0 Å². The fraction of sp³-hybridized carbons (Fsp3) is 0.478. The van der Waals surface area contributed by atoms with Gasteiger partial charge in [0.15, 0.2) is 0 Å². The van der Waals surface area contributed by atoms with E-state index >= 15 is 0 Å². The van der Waals surface area contributed by atoms with Crippen molar-refractivity contribution in [1.82, 2.24) is 4.90 Å². The zero-order chi connectivity index (χ0) is 19.2. The Balaban J connectivity index is 1.41. The molecule has 0 amide bonds. The number of aliphatic hydroxyl groups is 1. The predicted octanol–water partition coefficient (Wildman–Crippen LogP) is 2.48. The number of benzene rings is 2. The van der Waals surface area contributed by atoms with Crippen molar-refractivity contribution in [2.75, 3.05) is 64.1 Å². The van der Waals surface area contributed by atoms with Crippen molar-refractivity contribution in [2.45, 2.75) is 12.5 Å². The Hall–Kier alpha value is -1.92. The Bertz CT molecular complexity index is 767. The minimum atomic E-state index is 0.0657. The van der Waals surface area contributed by atoms with E-state index < -0.39 is 0 Å². The second-order valence-electron chi connectivity index (χ2n) is 7.46. The molecule has 5 heteroatoms. The van der Waals surface area contributed by atoms with E-state index in [2.05, 4.69) is 58.3 Å². The van der Waals surface area contributed by atoms with Crippen molar-refractivity contribution in [3.8, 4) is 0 Å². The second kappa shape index (κ2) is 9.52. The highest BCUT2D eigenvalue weighted by atomic mass is 16.5. The van der Waals surface area contributed by atoms with Crippen LogP contribution in [0.25, 0.3) is 0 Å². The third kappa shape index (κ3) is 4.39. The summed E-state index contributed by atoms with van der Waals surface area (Å²) in [7, 11) is 0. The molecule has 0 saturated carbocycles. The third-order valence-electron chi connectivity index (χ3n) is 5.72. The summed E-state index contributed by atoms with van der Waals surface area (Å²) in [5.41, 5.74) is 5.72. The van der Waals surface area contributed by atoms with Gasteiger partial charge < -0.3 is 19.5 Å². The Kier molecular flexibility index (Phi) is 6.60. The van der Waals surface area contributed by atoms with Crippen LogP contribution in [0.1, 0.15) is 22.7 Å². The Labute approximate surface area is 167 Å². The standard InChI is InChI=1S/C23H30N2O3/c26-12-14-28-16-15-27-13-11-24-9-10-25-22-8-4-2-6-20(22)17-19-5-1-3-7-21(19)23(25)18-24/h1-8,23,26H,9-18H2. The summed E-state index contributed by atoms with van der Waals surface area (Å²) in [4.78, 5) is 5.11. The lowest BCUT2D eigenvalue weighted by Crippen LogP contribution is -2.49. The molecular weight excluding hydrogens is 352 g/mol. The number of ether oxygens (including phenoxy) is 2. The van der Waals surface area contributed by atoms with E-state index in [1.807, 2.05) is 0 Å². The van der Waals surface area contributed by atoms with Gasteiger partial charge in [0.05, 0.1) is 39.1 Å². The quantitative estimate of drug-likeness (QED) is 0.711. The molecule has 1 unspecified atom stereocenters. The van der Waals surface area contributed by atoms with Gasteiger partial charge in [-0.25, -0.2) is 0 Å². The number of hydrogen-bond acceptors (Lipinski definition) is 5. The molecule has 0 aliphatic carbocycles. The van der Waals surface area contributed by atoms with E-state index in [9.17, 15) is 0 Å². The highest BCUT2D eigenvalue weighted by Gasteiger charge is 2.32. The van der Waals surface area contributed by atoms with Crippen LogP contribution in [0.15, 0.2) is 48.5 Å². The average molecular weight is 383 g/mol. The van der Waals surface area contributed by atoms with Gasteiger partial charge in [-0.05, 0) is 29.2 Å². The minimum absolute atomic E-state index is 0.0657. The Morgan fingerprint density at radius 1 is 0.857 bits per heavy atom. The van der Waals surface area contributed by atoms with Gasteiger partial charge in [-0.15, -0.1) is 0 Å². The van der Waals surface area contributed by atoms with Crippen LogP contribution in [0.4, 0.5) is 5.69 Å². The molecule has 2 aromatic rings. The molecule has 150 valence electrons. The van der Waals surface area contributed by atoms with Gasteiger partial charge >= 0.3 is 0 Å². The molecule has 4 rings (SSSR count). The summed E-state index contributed by atoms with van der Waals surface area (Å²) < 4.78 is 10.9. The largest absolute Gasteiger partial charge is 0.394 e. The number of nitrogens with zero attached hydrogens (tertiary/aromatic N) is 2. The number of rotatable bonds is 8. The smallest absolute Gasteiger partial charge is 0.0701 e. The number of para-hydroxylation sites is 1. The lowest BCUT2D eigenvalue weighted by Gasteiger charge is -2.43. The van der Waals surface area contributed by atoms with E-state index in [1.54, 1.807) is 0 Å². The first-order valence-electron chi connectivity index (χ1n) is 10.3. The van der Waals surface area contributed by atoms with E-state index in [1.165, 1.54) is 22.4 Å². The molecule has 1 saturated heterocycles. The van der Waals surface area contributed by atoms with Gasteiger partial charge in [0.1, 0.15) is 0 Å². The highest BCUT2D eigenvalue weighted by Crippen LogP contribution is 2.38. The lowest BCUT2D eigenvalue weighted by molar-refractivity contribution is 0.0251. The molecule has 1 fully saturated rings. The fourth-order valence-electron chi connectivity index (χ4n) is 4.34. The van der Waals surface area contributed by atoms with Crippen molar-refractivity contribution < 1.29 is 14.6 Å². The van der Waals surface area contributed by atoms with E-state index in [0.29, 0.717) is 32.5 Å². The molecule has 2 aromatic carbocycles. The summed E-state index contributed by atoms with van der Waals surface area (Å²) in [6, 6.07) is 18.2. The summed E-state index contributed by atoms with van der Waals surface area (Å²) in [6.45, 7) is 6.34. The predicted molar refractivity (Wildman–Crippen MR) is 111 cm³/mol. The van der Waals surface area contributed by atoms with Crippen molar-refractivity contribution in [2.24, 2.45) is 0 Å². The van der Waals surface area contributed by atoms with Crippen LogP contribution < -0.4 is 4.90 Å². The van der Waals surface area contributed by atoms with Gasteiger partial charge in [0, 0.05) is 31.9 Å². The first-order valence-corrected chi connectivity index (χ1v) is 10.3. The SMILES string of the molecule is OCCOCCOCCN1CCN2c3ccccc3Cc3ccccc3C2C1. The van der Waals surface area contributed by atoms with Gasteiger partial charge in [-0.1, -0.05) is 42.5 Å². The Morgan fingerprint density at radius 3 is 2.46 bits per heavy atom. The number of anilines is 1. The fourth-order valence-corrected chi connectivity index (χ4v) is 4.34. The van der Waals surface area contributed by atoms with Gasteiger partial charge in [-0.2, -0.15) is 0 Å². The number of aliphatic hydroxyl groups excluding tert-OH is 1. The monoisotopic (exact) mass is 382 g/mol. The van der Waals surface area contributed by atoms with Crippen molar-refractivity contribution in [3.63, 3.8) is 0 Å². The zero-order valence-electron chi connectivity index (χ0n) is 16.4. The first-order chi connectivity index (χ1) is 13.9. The summed E-state index contributed by atoms with van der Waals surface area (Å²) >= 11 is 0. The maximum atomic E-state index is 8.71. The molecule has 2 heterocycles. The Morgan fingerprint density at radius 2 is 1.61 bits per heavy atom. The van der Waals surface area contributed by atoms with Gasteiger partial charge in [-0.3, -0.25) is 4.90 Å². The van der Waals surface area contributed by atoms with Crippen LogP contribution >= 0.6 is 0 Å². The van der Waals surface area contributed by atoms with Crippen LogP contribution in [-0.4, -0.2) is 69.2 Å². The topological polar surface area (TPSA) is 45.2 Å². The normalized spacial score (nSPS) is 18.9. The summed E-state index contributed by atoms with van der Waals surface area (Å²) in [5.74, 6) is 0. The molecule has 0 bridgehead atoms. The van der Waals surface area contributed by atoms with Crippen LogP contribution in [-0.2, 0) is 15.9 Å². The molecule has 0 aromatic heterocycles. The van der Waals surface area contributed by atoms with Crippen LogP contribution in [0.5, 0.6) is 0 Å². The van der Waals surface area contributed by atoms with Crippen LogP contribution in [0.3, 0.4) is 0 Å². The van der Waals surface area contributed by atoms with Crippen molar-refractivity contribution in [1.29, 1.82) is 0 Å². The molecule has 2 aliphatic heterocycles. The van der Waals surface area contributed by atoms with E-state index in [-0.39, 0.29) is 6.61 Å². The van der Waals surface area contributed by atoms with Gasteiger partial charge in [0.2, 0.25) is 0 Å². The maximum Gasteiger partial charge on any atom is 0.0701 e. The molecule has 0 radical (unpaired) electrons. The molecule has 1 N–H and O–H groups in total. The van der Waals surface area contributed by atoms with Crippen LogP contribution in [0.2, 0.25) is 0 Å². The third-order valence-corrected chi connectivity index (χ3v) is 5.72. The second-order valence-corrected chi connectivity index (χ2v) is 7.46. The molecule has 28 heavy (non-hydrogen) atoms. The first kappa shape index (κ1) is 19.4. The minimum Gasteiger partial charge on any atom is -0.394 e. The number of piperazine rings is 1. The number of fused-ring (bicyclic) bond motifs is 5. The molecule has 1 atom stereocenters. The van der Waals surface area contributed by atoms with E-state index in [0.717, 1.165) is 32.6 Å². The summed E-state index contributed by atoms with van der Waals surface area (Å²) in [6.07, 6.45) is 1.01. The lowest BCUT2D eigenvalue weighted by atomic mass is 9.96. The summed E-state index contributed by atoms with van der Waals surface area (Å²) in [5, 5.41) is 8.71. The van der Waals surface area contributed by atoms with E-state index in [4.69, 9.17) is 14.6 Å². The zero-order valence-corrected chi connectivity index (χ0v) is 16.4. The molecule has 5 nitrogen and oxygen atoms in total. The van der Waals surface area contributed by atoms with Crippen molar-refractivity contribution >= 4 is 5.69 Å². The molecule has 2 aliphatic rings. The average Bonchev–Trinajstić information content (AvgIpc) is 2.87. The number of hydrogen-bond donors (Lipinski definition) is 1. The van der Waals surface area contributed by atoms with Crippen molar-refractivity contribution in [3.05, 3.63) is 65.2 Å².